The topological polar surface area (TPSA) is 99.8 Å². The Morgan fingerprint density at radius 2 is 2.00 bits per heavy atom. The van der Waals surface area contributed by atoms with E-state index in [9.17, 15) is 9.59 Å². The van der Waals surface area contributed by atoms with Crippen molar-refractivity contribution in [1.29, 1.82) is 0 Å². The summed E-state index contributed by atoms with van der Waals surface area (Å²) in [6.07, 6.45) is 2.39. The number of hydrogen-bond acceptors (Lipinski definition) is 4. The van der Waals surface area contributed by atoms with E-state index in [1.807, 2.05) is 30.3 Å². The molecule has 0 aliphatic carbocycles. The third-order valence-electron chi connectivity index (χ3n) is 3.49. The zero-order valence-electron chi connectivity index (χ0n) is 13.4. The SMILES string of the molecule is O=C(NCCc1ccccn1)Nc1cccc(-c2ccc(=O)[nH]n2)c1. The van der Waals surface area contributed by atoms with Gasteiger partial charge in [-0.05, 0) is 30.3 Å². The van der Waals surface area contributed by atoms with Crippen LogP contribution in [0.3, 0.4) is 0 Å². The summed E-state index contributed by atoms with van der Waals surface area (Å²) in [5, 5.41) is 11.9. The highest BCUT2D eigenvalue weighted by Gasteiger charge is 2.04. The fourth-order valence-electron chi connectivity index (χ4n) is 2.29. The first-order valence-electron chi connectivity index (χ1n) is 7.82. The Kier molecular flexibility index (Phi) is 5.16. The third kappa shape index (κ3) is 4.74. The molecular weight excluding hydrogens is 318 g/mol. The van der Waals surface area contributed by atoms with Crippen LogP contribution in [0, 0.1) is 0 Å². The number of aromatic amines is 1. The summed E-state index contributed by atoms with van der Waals surface area (Å²) < 4.78 is 0. The van der Waals surface area contributed by atoms with Gasteiger partial charge in [-0.3, -0.25) is 9.78 Å². The molecule has 3 rings (SSSR count). The van der Waals surface area contributed by atoms with E-state index in [0.717, 1.165) is 11.3 Å². The molecule has 0 spiro atoms. The quantitative estimate of drug-likeness (QED) is 0.665. The molecule has 3 aromatic rings. The number of hydrogen-bond donors (Lipinski definition) is 3. The summed E-state index contributed by atoms with van der Waals surface area (Å²) in [6.45, 7) is 0.490. The lowest BCUT2D eigenvalue weighted by Gasteiger charge is -2.09. The molecule has 0 unspecified atom stereocenters. The number of nitrogens with one attached hydrogen (secondary N) is 3. The smallest absolute Gasteiger partial charge is 0.319 e. The Bertz CT molecular complexity index is 888. The van der Waals surface area contributed by atoms with Gasteiger partial charge in [-0.1, -0.05) is 18.2 Å². The lowest BCUT2D eigenvalue weighted by atomic mass is 10.1. The van der Waals surface area contributed by atoms with Crippen molar-refractivity contribution in [3.05, 3.63) is 76.8 Å². The molecule has 0 saturated carbocycles. The molecule has 2 aromatic heterocycles. The van der Waals surface area contributed by atoms with E-state index < -0.39 is 0 Å². The number of carbonyl (C=O) groups is 1. The predicted octanol–water partition coefficient (Wildman–Crippen LogP) is 2.20. The Balaban J connectivity index is 1.57. The van der Waals surface area contributed by atoms with Crippen LogP contribution in [0.15, 0.2) is 65.6 Å². The van der Waals surface area contributed by atoms with Crippen LogP contribution < -0.4 is 16.2 Å². The van der Waals surface area contributed by atoms with E-state index >= 15 is 0 Å². The van der Waals surface area contributed by atoms with Gasteiger partial charge in [0, 0.05) is 42.2 Å². The van der Waals surface area contributed by atoms with Crippen molar-refractivity contribution < 1.29 is 4.79 Å². The zero-order chi connectivity index (χ0) is 17.5. The van der Waals surface area contributed by atoms with Gasteiger partial charge in [0.15, 0.2) is 0 Å². The van der Waals surface area contributed by atoms with Gasteiger partial charge >= 0.3 is 6.03 Å². The van der Waals surface area contributed by atoms with Crippen LogP contribution in [0.4, 0.5) is 10.5 Å². The zero-order valence-corrected chi connectivity index (χ0v) is 13.4. The van der Waals surface area contributed by atoms with Crippen molar-refractivity contribution in [2.45, 2.75) is 6.42 Å². The maximum absolute atomic E-state index is 12.0. The molecule has 1 aromatic carbocycles. The molecule has 7 heteroatoms. The van der Waals surface area contributed by atoms with E-state index in [1.165, 1.54) is 6.07 Å². The average molecular weight is 335 g/mol. The molecule has 0 fully saturated rings. The van der Waals surface area contributed by atoms with E-state index in [2.05, 4.69) is 25.8 Å². The predicted molar refractivity (Wildman–Crippen MR) is 95.3 cm³/mol. The highest BCUT2D eigenvalue weighted by molar-refractivity contribution is 5.90. The molecule has 0 bridgehead atoms. The van der Waals surface area contributed by atoms with Crippen LogP contribution in [0.5, 0.6) is 0 Å². The number of urea groups is 1. The lowest BCUT2D eigenvalue weighted by Crippen LogP contribution is -2.30. The Hall–Kier alpha value is -3.48. The fourth-order valence-corrected chi connectivity index (χ4v) is 2.29. The monoisotopic (exact) mass is 335 g/mol. The minimum atomic E-state index is -0.289. The second-order valence-corrected chi connectivity index (χ2v) is 5.34. The minimum absolute atomic E-state index is 0.259. The van der Waals surface area contributed by atoms with Crippen LogP contribution in [0.1, 0.15) is 5.69 Å². The standard InChI is InChI=1S/C18H17N5O2/c24-17-8-7-16(22-23-17)13-4-3-6-15(12-13)21-18(25)20-11-9-14-5-1-2-10-19-14/h1-8,10,12H,9,11H2,(H,23,24)(H2,20,21,25). The van der Waals surface area contributed by atoms with Gasteiger partial charge in [0.1, 0.15) is 0 Å². The number of pyridine rings is 1. The molecule has 0 radical (unpaired) electrons. The second-order valence-electron chi connectivity index (χ2n) is 5.34. The molecule has 126 valence electrons. The van der Waals surface area contributed by atoms with E-state index in [1.54, 1.807) is 24.4 Å². The molecule has 3 N–H and O–H groups in total. The average Bonchev–Trinajstić information content (AvgIpc) is 2.63. The van der Waals surface area contributed by atoms with Crippen molar-refractivity contribution in [2.24, 2.45) is 0 Å². The number of amides is 2. The number of carbonyl (C=O) groups excluding carboxylic acids is 1. The summed E-state index contributed by atoms with van der Waals surface area (Å²) in [4.78, 5) is 27.3. The highest BCUT2D eigenvalue weighted by Crippen LogP contribution is 2.19. The molecule has 0 saturated heterocycles. The molecule has 2 amide bonds. The molecule has 0 atom stereocenters. The fraction of sp³-hybridized carbons (Fsp3) is 0.111. The number of H-pyrrole nitrogens is 1. The van der Waals surface area contributed by atoms with E-state index in [0.29, 0.717) is 24.3 Å². The van der Waals surface area contributed by atoms with E-state index in [4.69, 9.17) is 0 Å². The first kappa shape index (κ1) is 16.4. The number of nitrogens with zero attached hydrogens (tertiary/aromatic N) is 2. The van der Waals surface area contributed by atoms with Crippen molar-refractivity contribution in [1.82, 2.24) is 20.5 Å². The van der Waals surface area contributed by atoms with Crippen LogP contribution >= 0.6 is 0 Å². The van der Waals surface area contributed by atoms with Crippen LogP contribution in [-0.2, 0) is 6.42 Å². The van der Waals surface area contributed by atoms with Crippen LogP contribution in [0.2, 0.25) is 0 Å². The van der Waals surface area contributed by atoms with Gasteiger partial charge in [-0.15, -0.1) is 0 Å². The number of anilines is 1. The largest absolute Gasteiger partial charge is 0.337 e. The maximum Gasteiger partial charge on any atom is 0.319 e. The van der Waals surface area contributed by atoms with Gasteiger partial charge in [0.05, 0.1) is 5.69 Å². The first-order chi connectivity index (χ1) is 12.2. The number of rotatable bonds is 5. The summed E-state index contributed by atoms with van der Waals surface area (Å²) >= 11 is 0. The van der Waals surface area contributed by atoms with Crippen molar-refractivity contribution in [3.63, 3.8) is 0 Å². The van der Waals surface area contributed by atoms with E-state index in [-0.39, 0.29) is 11.6 Å². The second kappa shape index (κ2) is 7.87. The maximum atomic E-state index is 12.0. The molecular formula is C18H17N5O2. The normalized spacial score (nSPS) is 10.2. The lowest BCUT2D eigenvalue weighted by molar-refractivity contribution is 0.252. The summed E-state index contributed by atoms with van der Waals surface area (Å²) in [6, 6.07) is 15.7. The van der Waals surface area contributed by atoms with Crippen LogP contribution in [0.25, 0.3) is 11.3 Å². The molecule has 0 aliphatic heterocycles. The van der Waals surface area contributed by atoms with Gasteiger partial charge in [-0.25, -0.2) is 9.89 Å². The van der Waals surface area contributed by atoms with Gasteiger partial charge < -0.3 is 10.6 Å². The van der Waals surface area contributed by atoms with Crippen molar-refractivity contribution in [2.75, 3.05) is 11.9 Å². The third-order valence-corrected chi connectivity index (χ3v) is 3.49. The van der Waals surface area contributed by atoms with Crippen molar-refractivity contribution >= 4 is 11.7 Å². The Labute approximate surface area is 144 Å². The van der Waals surface area contributed by atoms with Gasteiger partial charge in [0.25, 0.3) is 5.56 Å². The van der Waals surface area contributed by atoms with Crippen molar-refractivity contribution in [3.8, 4) is 11.3 Å². The summed E-state index contributed by atoms with van der Waals surface area (Å²) in [7, 11) is 0. The highest BCUT2D eigenvalue weighted by atomic mass is 16.2. The summed E-state index contributed by atoms with van der Waals surface area (Å²) in [5.41, 5.74) is 2.72. The summed E-state index contributed by atoms with van der Waals surface area (Å²) in [5.74, 6) is 0. The number of aromatic nitrogens is 3. The molecule has 7 nitrogen and oxygen atoms in total. The molecule has 2 heterocycles. The molecule has 25 heavy (non-hydrogen) atoms. The van der Waals surface area contributed by atoms with Gasteiger partial charge in [-0.2, -0.15) is 5.10 Å². The minimum Gasteiger partial charge on any atom is -0.337 e. The first-order valence-corrected chi connectivity index (χ1v) is 7.82. The Morgan fingerprint density at radius 1 is 1.08 bits per heavy atom. The number of benzene rings is 1. The Morgan fingerprint density at radius 3 is 2.76 bits per heavy atom. The van der Waals surface area contributed by atoms with Gasteiger partial charge in [0.2, 0.25) is 0 Å². The van der Waals surface area contributed by atoms with Crippen LogP contribution in [-0.4, -0.2) is 27.8 Å². The molecule has 0 aliphatic rings.